The second-order valence-corrected chi connectivity index (χ2v) is 4.68. The monoisotopic (exact) mass is 292 g/mol. The summed E-state index contributed by atoms with van der Waals surface area (Å²) in [5, 5.41) is 4.91. The van der Waals surface area contributed by atoms with Gasteiger partial charge in [0.15, 0.2) is 6.61 Å². The van der Waals surface area contributed by atoms with Crippen LogP contribution in [-0.4, -0.2) is 37.5 Å². The normalized spacial score (nSPS) is 9.86. The lowest BCUT2D eigenvalue weighted by molar-refractivity contribution is -0.127. The van der Waals surface area contributed by atoms with Crippen molar-refractivity contribution in [2.45, 2.75) is 20.8 Å². The average Bonchev–Trinajstić information content (AvgIpc) is 2.41. The number of benzene rings is 1. The molecule has 0 saturated carbocycles. The van der Waals surface area contributed by atoms with E-state index in [-0.39, 0.29) is 12.5 Å². The molecule has 1 aromatic carbocycles. The fourth-order valence-electron chi connectivity index (χ4n) is 1.80. The van der Waals surface area contributed by atoms with Crippen LogP contribution in [0.15, 0.2) is 18.2 Å². The molecule has 0 aliphatic rings. The van der Waals surface area contributed by atoms with Crippen molar-refractivity contribution in [1.82, 2.24) is 10.6 Å². The fourth-order valence-corrected chi connectivity index (χ4v) is 1.80. The summed E-state index contributed by atoms with van der Waals surface area (Å²) >= 11 is 0. The minimum absolute atomic E-state index is 0.131. The lowest BCUT2D eigenvalue weighted by atomic mass is 10.1. The van der Waals surface area contributed by atoms with Crippen LogP contribution < -0.4 is 10.6 Å². The summed E-state index contributed by atoms with van der Waals surface area (Å²) < 4.78 is 4.91. The topological polar surface area (TPSA) is 84.5 Å². The molecular weight excluding hydrogens is 272 g/mol. The molecular formula is C15H20N2O4. The largest absolute Gasteiger partial charge is 0.452 e. The Bertz CT molecular complexity index is 520. The number of ether oxygens (including phenoxy) is 1. The van der Waals surface area contributed by atoms with E-state index in [1.54, 1.807) is 19.1 Å². The van der Waals surface area contributed by atoms with Gasteiger partial charge in [0.2, 0.25) is 5.91 Å². The van der Waals surface area contributed by atoms with E-state index in [1.165, 1.54) is 0 Å². The highest BCUT2D eigenvalue weighted by Crippen LogP contribution is 2.09. The number of likely N-dealkylation sites (N-methyl/N-ethyl adjacent to an activating group) is 1. The summed E-state index contributed by atoms with van der Waals surface area (Å²) in [7, 11) is 0. The molecule has 0 spiro atoms. The molecule has 0 fully saturated rings. The Hall–Kier alpha value is -2.37. The first-order valence-corrected chi connectivity index (χ1v) is 6.71. The highest BCUT2D eigenvalue weighted by atomic mass is 16.5. The van der Waals surface area contributed by atoms with E-state index in [0.717, 1.165) is 11.1 Å². The van der Waals surface area contributed by atoms with E-state index >= 15 is 0 Å². The first-order valence-electron chi connectivity index (χ1n) is 6.71. The first kappa shape index (κ1) is 16.7. The van der Waals surface area contributed by atoms with Gasteiger partial charge >= 0.3 is 5.97 Å². The number of carbonyl (C=O) groups excluding carboxylic acids is 3. The van der Waals surface area contributed by atoms with Gasteiger partial charge < -0.3 is 15.4 Å². The Labute approximate surface area is 123 Å². The highest BCUT2D eigenvalue weighted by Gasteiger charge is 2.11. The predicted octanol–water partition coefficient (Wildman–Crippen LogP) is 0.713. The van der Waals surface area contributed by atoms with Gasteiger partial charge in [-0.05, 0) is 32.9 Å². The molecule has 0 atom stereocenters. The van der Waals surface area contributed by atoms with Crippen LogP contribution in [0.2, 0.25) is 0 Å². The predicted molar refractivity (Wildman–Crippen MR) is 77.9 cm³/mol. The number of rotatable bonds is 6. The molecule has 0 aliphatic heterocycles. The third-order valence-electron chi connectivity index (χ3n) is 2.61. The first-order chi connectivity index (χ1) is 9.92. The molecule has 6 nitrogen and oxygen atoms in total. The van der Waals surface area contributed by atoms with Crippen LogP contribution in [0.1, 0.15) is 28.4 Å². The van der Waals surface area contributed by atoms with Crippen LogP contribution in [0, 0.1) is 13.8 Å². The van der Waals surface area contributed by atoms with Gasteiger partial charge in [0, 0.05) is 6.54 Å². The van der Waals surface area contributed by atoms with Crippen molar-refractivity contribution in [3.05, 3.63) is 34.9 Å². The third kappa shape index (κ3) is 6.07. The van der Waals surface area contributed by atoms with Crippen molar-refractivity contribution in [2.75, 3.05) is 19.7 Å². The molecule has 2 N–H and O–H groups in total. The quantitative estimate of drug-likeness (QED) is 0.756. The summed E-state index contributed by atoms with van der Waals surface area (Å²) in [4.78, 5) is 34.4. The number of hydrogen-bond acceptors (Lipinski definition) is 4. The Morgan fingerprint density at radius 2 is 1.62 bits per heavy atom. The van der Waals surface area contributed by atoms with Crippen LogP contribution >= 0.6 is 0 Å². The number of amides is 2. The van der Waals surface area contributed by atoms with Crippen LogP contribution in [-0.2, 0) is 14.3 Å². The zero-order valence-electron chi connectivity index (χ0n) is 12.5. The molecule has 0 aromatic heterocycles. The SMILES string of the molecule is CCNC(=O)CNC(=O)COC(=O)c1cc(C)cc(C)c1. The maximum atomic E-state index is 11.8. The average molecular weight is 292 g/mol. The minimum Gasteiger partial charge on any atom is -0.452 e. The number of hydrogen-bond donors (Lipinski definition) is 2. The van der Waals surface area contributed by atoms with Crippen molar-refractivity contribution >= 4 is 17.8 Å². The van der Waals surface area contributed by atoms with Gasteiger partial charge in [-0.25, -0.2) is 4.79 Å². The molecule has 21 heavy (non-hydrogen) atoms. The molecule has 6 heteroatoms. The molecule has 2 amide bonds. The Kier molecular flexibility index (Phi) is 6.39. The van der Waals surface area contributed by atoms with Crippen molar-refractivity contribution in [3.8, 4) is 0 Å². The zero-order valence-corrected chi connectivity index (χ0v) is 12.5. The van der Waals surface area contributed by atoms with Crippen LogP contribution in [0.4, 0.5) is 0 Å². The summed E-state index contributed by atoms with van der Waals surface area (Å²) in [6.45, 7) is 5.49. The lowest BCUT2D eigenvalue weighted by Gasteiger charge is -2.07. The van der Waals surface area contributed by atoms with Gasteiger partial charge in [-0.3, -0.25) is 9.59 Å². The summed E-state index contributed by atoms with van der Waals surface area (Å²) in [5.41, 5.74) is 2.30. The van der Waals surface area contributed by atoms with Crippen molar-refractivity contribution in [3.63, 3.8) is 0 Å². The van der Waals surface area contributed by atoms with Gasteiger partial charge in [0.1, 0.15) is 0 Å². The maximum absolute atomic E-state index is 11.8. The van der Waals surface area contributed by atoms with E-state index in [2.05, 4.69) is 10.6 Å². The molecule has 0 unspecified atom stereocenters. The van der Waals surface area contributed by atoms with Crippen molar-refractivity contribution in [2.24, 2.45) is 0 Å². The summed E-state index contributed by atoms with van der Waals surface area (Å²) in [5.74, 6) is -1.36. The molecule has 0 bridgehead atoms. The van der Waals surface area contributed by atoms with E-state index in [1.807, 2.05) is 19.9 Å². The second-order valence-electron chi connectivity index (χ2n) is 4.68. The van der Waals surface area contributed by atoms with E-state index < -0.39 is 18.5 Å². The van der Waals surface area contributed by atoms with E-state index in [4.69, 9.17) is 4.74 Å². The number of aryl methyl sites for hydroxylation is 2. The van der Waals surface area contributed by atoms with E-state index in [9.17, 15) is 14.4 Å². The number of esters is 1. The third-order valence-corrected chi connectivity index (χ3v) is 2.61. The van der Waals surface area contributed by atoms with Crippen molar-refractivity contribution < 1.29 is 19.1 Å². The summed E-state index contributed by atoms with van der Waals surface area (Å²) in [6, 6.07) is 5.33. The van der Waals surface area contributed by atoms with E-state index in [0.29, 0.717) is 12.1 Å². The van der Waals surface area contributed by atoms with Gasteiger partial charge in [-0.1, -0.05) is 17.2 Å². The zero-order chi connectivity index (χ0) is 15.8. The van der Waals surface area contributed by atoms with Gasteiger partial charge in [-0.2, -0.15) is 0 Å². The van der Waals surface area contributed by atoms with Crippen LogP contribution in [0.25, 0.3) is 0 Å². The molecule has 0 radical (unpaired) electrons. The number of carbonyl (C=O) groups is 3. The standard InChI is InChI=1S/C15H20N2O4/c1-4-16-13(18)8-17-14(19)9-21-15(20)12-6-10(2)5-11(3)7-12/h5-7H,4,8-9H2,1-3H3,(H,16,18)(H,17,19). The van der Waals surface area contributed by atoms with Crippen molar-refractivity contribution in [1.29, 1.82) is 0 Å². The minimum atomic E-state index is -0.560. The van der Waals surface area contributed by atoms with Gasteiger partial charge in [0.05, 0.1) is 12.1 Å². The Balaban J connectivity index is 2.42. The Morgan fingerprint density at radius 3 is 2.19 bits per heavy atom. The van der Waals surface area contributed by atoms with Crippen LogP contribution in [0.5, 0.6) is 0 Å². The highest BCUT2D eigenvalue weighted by molar-refractivity contribution is 5.92. The number of nitrogens with one attached hydrogen (secondary N) is 2. The molecule has 1 aromatic rings. The molecule has 1 rings (SSSR count). The summed E-state index contributed by atoms with van der Waals surface area (Å²) in [6.07, 6.45) is 0. The molecule has 0 heterocycles. The molecule has 0 aliphatic carbocycles. The fraction of sp³-hybridized carbons (Fsp3) is 0.400. The van der Waals surface area contributed by atoms with Crippen LogP contribution in [0.3, 0.4) is 0 Å². The Morgan fingerprint density at radius 1 is 1.00 bits per heavy atom. The van der Waals surface area contributed by atoms with Gasteiger partial charge in [0.25, 0.3) is 5.91 Å². The maximum Gasteiger partial charge on any atom is 0.338 e. The second kappa shape index (κ2) is 8.04. The van der Waals surface area contributed by atoms with Gasteiger partial charge in [-0.15, -0.1) is 0 Å². The smallest absolute Gasteiger partial charge is 0.338 e. The lowest BCUT2D eigenvalue weighted by Crippen LogP contribution is -2.38. The molecule has 0 saturated heterocycles. The molecule has 114 valence electrons.